The number of nitrogens with one attached hydrogen (secondary N) is 3. The maximum absolute atomic E-state index is 14.0. The number of likely N-dealkylation sites (N-methyl/N-ethyl adjacent to an activating group) is 1. The summed E-state index contributed by atoms with van der Waals surface area (Å²) in [6, 6.07) is 14.8. The molecule has 0 aliphatic carbocycles. The number of rotatable bonds is 9. The van der Waals surface area contributed by atoms with Gasteiger partial charge in [0.1, 0.15) is 23.9 Å². The molecule has 3 N–H and O–H groups in total. The van der Waals surface area contributed by atoms with Crippen molar-refractivity contribution in [3.63, 3.8) is 0 Å². The number of carbonyl (C=O) groups is 3. The van der Waals surface area contributed by atoms with Gasteiger partial charge in [-0.2, -0.15) is 0 Å². The summed E-state index contributed by atoms with van der Waals surface area (Å²) in [5.41, 5.74) is 1.90. The highest BCUT2D eigenvalue weighted by atomic mass is 16.5. The lowest BCUT2D eigenvalue weighted by Crippen LogP contribution is -2.62. The minimum atomic E-state index is -1.05. The predicted octanol–water partition coefficient (Wildman–Crippen LogP) is 3.10. The molecular weight excluding hydrogens is 520 g/mol. The molecule has 2 bridgehead atoms. The number of hydrogen-bond donors (Lipinski definition) is 3. The van der Waals surface area contributed by atoms with E-state index in [1.807, 2.05) is 101 Å². The zero-order valence-electron chi connectivity index (χ0n) is 25.3. The largest absolute Gasteiger partial charge is 0.487 e. The van der Waals surface area contributed by atoms with Gasteiger partial charge in [0, 0.05) is 13.7 Å². The molecule has 2 aliphatic rings. The first-order valence-corrected chi connectivity index (χ1v) is 14.4. The van der Waals surface area contributed by atoms with Crippen molar-refractivity contribution in [2.24, 2.45) is 11.8 Å². The predicted molar refractivity (Wildman–Crippen MR) is 159 cm³/mol. The number of nitrogens with zero attached hydrogens (tertiary/aromatic N) is 1. The fourth-order valence-electron chi connectivity index (χ4n) is 4.99. The average molecular weight is 567 g/mol. The molecule has 9 heteroatoms. The van der Waals surface area contributed by atoms with Gasteiger partial charge < -0.3 is 25.4 Å². The van der Waals surface area contributed by atoms with Gasteiger partial charge in [0.2, 0.25) is 17.7 Å². The van der Waals surface area contributed by atoms with Gasteiger partial charge in [0.05, 0.1) is 12.1 Å². The first kappa shape index (κ1) is 32.1. The molecule has 2 aromatic rings. The lowest BCUT2D eigenvalue weighted by Gasteiger charge is -2.34. The van der Waals surface area contributed by atoms with E-state index in [2.05, 4.69) is 16.0 Å². The zero-order valence-corrected chi connectivity index (χ0v) is 25.3. The summed E-state index contributed by atoms with van der Waals surface area (Å²) in [5.74, 6) is -0.779. The molecule has 0 spiro atoms. The Bertz CT molecular complexity index is 1140. The highest BCUT2D eigenvalue weighted by Gasteiger charge is 2.38. The van der Waals surface area contributed by atoms with Crippen molar-refractivity contribution in [3.05, 3.63) is 65.7 Å². The first-order chi connectivity index (χ1) is 19.5. The smallest absolute Gasteiger partial charge is 0.247 e. The molecule has 0 radical (unpaired) electrons. The van der Waals surface area contributed by atoms with Gasteiger partial charge in [0.25, 0.3) is 0 Å². The molecule has 2 aromatic carbocycles. The van der Waals surface area contributed by atoms with E-state index in [9.17, 15) is 14.4 Å². The Balaban J connectivity index is 2.01. The summed E-state index contributed by atoms with van der Waals surface area (Å²) in [6.45, 7) is 8.03. The van der Waals surface area contributed by atoms with E-state index in [1.54, 1.807) is 7.11 Å². The van der Waals surface area contributed by atoms with Gasteiger partial charge in [-0.25, -0.2) is 0 Å². The van der Waals surface area contributed by atoms with Crippen LogP contribution in [-0.2, 0) is 25.5 Å². The van der Waals surface area contributed by atoms with Crippen LogP contribution in [0.15, 0.2) is 54.6 Å². The highest BCUT2D eigenvalue weighted by molar-refractivity contribution is 5.93. The fraction of sp³-hybridized carbons (Fsp3) is 0.531. The molecule has 0 saturated heterocycles. The number of hydrogen-bond acceptors (Lipinski definition) is 6. The first-order valence-electron chi connectivity index (χ1n) is 14.4. The Morgan fingerprint density at radius 2 is 1.71 bits per heavy atom. The molecule has 6 atom stereocenters. The molecule has 6 unspecified atom stereocenters. The normalized spacial score (nSPS) is 23.2. The molecule has 224 valence electrons. The molecule has 4 rings (SSSR count). The Morgan fingerprint density at radius 3 is 2.27 bits per heavy atom. The van der Waals surface area contributed by atoms with Gasteiger partial charge in [-0.05, 0) is 55.6 Å². The summed E-state index contributed by atoms with van der Waals surface area (Å²) >= 11 is 0. The van der Waals surface area contributed by atoms with E-state index in [-0.39, 0.29) is 36.3 Å². The fourth-order valence-corrected chi connectivity index (χ4v) is 4.99. The molecular formula is C32H46N4O5. The van der Waals surface area contributed by atoms with Crippen molar-refractivity contribution in [2.45, 2.75) is 70.9 Å². The van der Waals surface area contributed by atoms with E-state index in [0.29, 0.717) is 18.6 Å². The molecule has 41 heavy (non-hydrogen) atoms. The van der Waals surface area contributed by atoms with Gasteiger partial charge in [-0.15, -0.1) is 0 Å². The minimum Gasteiger partial charge on any atom is -0.487 e. The number of ether oxygens (including phenoxy) is 2. The molecule has 0 fully saturated rings. The second kappa shape index (κ2) is 15.0. The van der Waals surface area contributed by atoms with E-state index < -0.39 is 30.1 Å². The van der Waals surface area contributed by atoms with Crippen LogP contribution in [-0.4, -0.2) is 74.6 Å². The quantitative estimate of drug-likeness (QED) is 0.431. The van der Waals surface area contributed by atoms with Crippen LogP contribution in [0.2, 0.25) is 0 Å². The summed E-state index contributed by atoms with van der Waals surface area (Å²) in [6.07, 6.45) is 0.0885. The van der Waals surface area contributed by atoms with Crippen molar-refractivity contribution in [2.75, 3.05) is 27.7 Å². The third kappa shape index (κ3) is 8.53. The van der Waals surface area contributed by atoms with Gasteiger partial charge in [0.15, 0.2) is 0 Å². The number of benzene rings is 2. The molecule has 0 saturated carbocycles. The number of amides is 3. The van der Waals surface area contributed by atoms with Crippen LogP contribution >= 0.6 is 0 Å². The van der Waals surface area contributed by atoms with Crippen molar-refractivity contribution >= 4 is 17.7 Å². The van der Waals surface area contributed by atoms with E-state index >= 15 is 0 Å². The molecule has 0 aromatic heterocycles. The third-order valence-electron chi connectivity index (χ3n) is 7.83. The second-order valence-electron chi connectivity index (χ2n) is 11.4. The number of carbonyl (C=O) groups excluding carboxylic acids is 3. The number of fused-ring (bicyclic) bond motifs is 11. The van der Waals surface area contributed by atoms with Crippen molar-refractivity contribution < 1.29 is 23.9 Å². The maximum Gasteiger partial charge on any atom is 0.247 e. The summed E-state index contributed by atoms with van der Waals surface area (Å²) < 4.78 is 12.0. The SMILES string of the molecule is CCC(C)C1NC(=O)C(NC(=O)C(Cc2ccccc2)N(C)C)C(C(C)C)Oc2ccc(cc2)C(OC)CNC1=O. The topological polar surface area (TPSA) is 109 Å². The Labute approximate surface area is 244 Å². The standard InChI is InChI=1S/C32H46N4O5/c1-8-21(4)27-31(38)33-19-26(40-7)23-14-16-24(17-15-23)41-29(20(2)3)28(32(39)34-27)35-30(37)25(36(5)6)18-22-12-10-9-11-13-22/h9-17,20-21,25-29H,8,18-19H2,1-7H3,(H,33,38)(H,34,39)(H,35,37). The Kier molecular flexibility index (Phi) is 11.7. The van der Waals surface area contributed by atoms with Crippen LogP contribution in [0.1, 0.15) is 51.3 Å². The zero-order chi connectivity index (χ0) is 30.1. The van der Waals surface area contributed by atoms with Crippen LogP contribution in [0.25, 0.3) is 0 Å². The Hall–Kier alpha value is -3.43. The maximum atomic E-state index is 14.0. The summed E-state index contributed by atoms with van der Waals surface area (Å²) in [7, 11) is 5.28. The summed E-state index contributed by atoms with van der Waals surface area (Å²) in [4.78, 5) is 43.0. The average Bonchev–Trinajstić information content (AvgIpc) is 2.96. The van der Waals surface area contributed by atoms with E-state index in [4.69, 9.17) is 9.47 Å². The Morgan fingerprint density at radius 1 is 1.05 bits per heavy atom. The van der Waals surface area contributed by atoms with Crippen LogP contribution in [0.3, 0.4) is 0 Å². The van der Waals surface area contributed by atoms with Crippen LogP contribution < -0.4 is 20.7 Å². The number of methoxy groups -OCH3 is 1. The van der Waals surface area contributed by atoms with Gasteiger partial charge in [-0.1, -0.05) is 76.6 Å². The van der Waals surface area contributed by atoms with Crippen molar-refractivity contribution in [1.29, 1.82) is 0 Å². The molecule has 2 heterocycles. The summed E-state index contributed by atoms with van der Waals surface area (Å²) in [5, 5.41) is 8.92. The lowest BCUT2D eigenvalue weighted by molar-refractivity contribution is -0.136. The molecule has 3 amide bonds. The van der Waals surface area contributed by atoms with Crippen molar-refractivity contribution in [3.8, 4) is 5.75 Å². The second-order valence-corrected chi connectivity index (χ2v) is 11.4. The molecule has 9 nitrogen and oxygen atoms in total. The van der Waals surface area contributed by atoms with Gasteiger partial charge >= 0.3 is 0 Å². The lowest BCUT2D eigenvalue weighted by atomic mass is 9.94. The van der Waals surface area contributed by atoms with Crippen molar-refractivity contribution in [1.82, 2.24) is 20.9 Å². The van der Waals surface area contributed by atoms with E-state index in [0.717, 1.165) is 11.1 Å². The monoisotopic (exact) mass is 566 g/mol. The highest BCUT2D eigenvalue weighted by Crippen LogP contribution is 2.24. The minimum absolute atomic E-state index is 0.145. The van der Waals surface area contributed by atoms with Crippen LogP contribution in [0.4, 0.5) is 0 Å². The van der Waals surface area contributed by atoms with E-state index in [1.165, 1.54) is 0 Å². The third-order valence-corrected chi connectivity index (χ3v) is 7.83. The van der Waals surface area contributed by atoms with Crippen LogP contribution in [0, 0.1) is 11.8 Å². The van der Waals surface area contributed by atoms with Crippen LogP contribution in [0.5, 0.6) is 5.75 Å². The molecule has 2 aliphatic heterocycles. The van der Waals surface area contributed by atoms with Gasteiger partial charge in [-0.3, -0.25) is 19.3 Å².